The number of hydrogen-bond acceptors (Lipinski definition) is 5. The molecule has 0 bridgehead atoms. The summed E-state index contributed by atoms with van der Waals surface area (Å²) in [5.74, 6) is 0.537. The van der Waals surface area contributed by atoms with Gasteiger partial charge >= 0.3 is 0 Å². The molecule has 2 aliphatic rings. The summed E-state index contributed by atoms with van der Waals surface area (Å²) in [4.78, 5) is 32.0. The summed E-state index contributed by atoms with van der Waals surface area (Å²) in [5.41, 5.74) is 2.68. The van der Waals surface area contributed by atoms with E-state index < -0.39 is 0 Å². The minimum absolute atomic E-state index is 0.140. The molecule has 0 aliphatic carbocycles. The molecule has 0 radical (unpaired) electrons. The van der Waals surface area contributed by atoms with E-state index in [-0.39, 0.29) is 11.8 Å². The highest BCUT2D eigenvalue weighted by Gasteiger charge is 2.31. The van der Waals surface area contributed by atoms with Crippen LogP contribution < -0.4 is 9.64 Å². The maximum absolute atomic E-state index is 13.2. The van der Waals surface area contributed by atoms with E-state index in [4.69, 9.17) is 16.3 Å². The highest BCUT2D eigenvalue weighted by atomic mass is 35.5. The van der Waals surface area contributed by atoms with E-state index in [1.807, 2.05) is 48.5 Å². The second kappa shape index (κ2) is 9.38. The van der Waals surface area contributed by atoms with Crippen molar-refractivity contribution in [2.45, 2.75) is 13.1 Å². The molecule has 0 atom stereocenters. The van der Waals surface area contributed by atoms with Gasteiger partial charge in [0.05, 0.1) is 19.3 Å². The van der Waals surface area contributed by atoms with Crippen molar-refractivity contribution in [3.05, 3.63) is 76.6 Å². The lowest BCUT2D eigenvalue weighted by molar-refractivity contribution is 0.0680. The summed E-state index contributed by atoms with van der Waals surface area (Å²) < 4.78 is 7.12. The average Bonchev–Trinajstić information content (AvgIpc) is 3.32. The predicted octanol–water partition coefficient (Wildman–Crippen LogP) is 3.16. The lowest BCUT2D eigenvalue weighted by atomic mass is 10.2. The topological polar surface area (TPSA) is 70.9 Å². The Bertz CT molecular complexity index is 1220. The number of fused-ring (bicyclic) bond motifs is 1. The first-order valence-electron chi connectivity index (χ1n) is 11.3. The third-order valence-electron chi connectivity index (χ3n) is 6.40. The van der Waals surface area contributed by atoms with Crippen LogP contribution in [0.1, 0.15) is 26.5 Å². The number of ether oxygens (including phenoxy) is 1. The first-order chi connectivity index (χ1) is 16.5. The monoisotopic (exact) mass is 479 g/mol. The largest absolute Gasteiger partial charge is 0.495 e. The number of methoxy groups -OCH3 is 1. The van der Waals surface area contributed by atoms with Gasteiger partial charge < -0.3 is 19.4 Å². The van der Waals surface area contributed by atoms with Gasteiger partial charge in [-0.2, -0.15) is 5.10 Å². The first kappa shape index (κ1) is 22.3. The van der Waals surface area contributed by atoms with Crippen molar-refractivity contribution >= 4 is 29.1 Å². The van der Waals surface area contributed by atoms with Gasteiger partial charge in [0.15, 0.2) is 5.69 Å². The Hall–Kier alpha value is -3.52. The molecule has 0 saturated carbocycles. The number of carbonyl (C=O) groups excluding carboxylic acids is 2. The maximum atomic E-state index is 13.2. The van der Waals surface area contributed by atoms with Crippen molar-refractivity contribution in [2.24, 2.45) is 0 Å². The molecule has 2 amide bonds. The third kappa shape index (κ3) is 4.21. The SMILES string of the molecule is COc1ccccc1N1CCN(C(=O)c2cc3n(n2)CCN(Cc2ccccc2Cl)C3=O)CC1. The zero-order chi connectivity index (χ0) is 23.7. The zero-order valence-electron chi connectivity index (χ0n) is 19.0. The van der Waals surface area contributed by atoms with Gasteiger partial charge in [-0.3, -0.25) is 14.3 Å². The van der Waals surface area contributed by atoms with E-state index in [2.05, 4.69) is 10.00 Å². The molecule has 2 aliphatic heterocycles. The van der Waals surface area contributed by atoms with Crippen molar-refractivity contribution in [1.82, 2.24) is 19.6 Å². The summed E-state index contributed by atoms with van der Waals surface area (Å²) in [5, 5.41) is 5.09. The van der Waals surface area contributed by atoms with Crippen LogP contribution in [0.4, 0.5) is 5.69 Å². The molecule has 2 aromatic carbocycles. The third-order valence-corrected chi connectivity index (χ3v) is 6.77. The Kier molecular flexibility index (Phi) is 6.15. The van der Waals surface area contributed by atoms with Crippen LogP contribution in [0.3, 0.4) is 0 Å². The van der Waals surface area contributed by atoms with Gasteiger partial charge in [0.2, 0.25) is 0 Å². The van der Waals surface area contributed by atoms with Crippen LogP contribution in [0, 0.1) is 0 Å². The zero-order valence-corrected chi connectivity index (χ0v) is 19.7. The summed E-state index contributed by atoms with van der Waals surface area (Å²) >= 11 is 6.27. The van der Waals surface area contributed by atoms with E-state index in [1.54, 1.807) is 27.7 Å². The Labute approximate surface area is 203 Å². The molecular formula is C25H26ClN5O3. The smallest absolute Gasteiger partial charge is 0.274 e. The highest BCUT2D eigenvalue weighted by Crippen LogP contribution is 2.28. The summed E-state index contributed by atoms with van der Waals surface area (Å²) in [6.45, 7) is 4.04. The predicted molar refractivity (Wildman–Crippen MR) is 130 cm³/mol. The fourth-order valence-corrected chi connectivity index (χ4v) is 4.72. The second-order valence-electron chi connectivity index (χ2n) is 8.41. The van der Waals surface area contributed by atoms with E-state index in [0.717, 1.165) is 17.0 Å². The van der Waals surface area contributed by atoms with Gasteiger partial charge in [0.1, 0.15) is 11.4 Å². The number of nitrogens with zero attached hydrogens (tertiary/aromatic N) is 5. The molecule has 0 unspecified atom stereocenters. The Morgan fingerprint density at radius 3 is 2.50 bits per heavy atom. The number of hydrogen-bond donors (Lipinski definition) is 0. The summed E-state index contributed by atoms with van der Waals surface area (Å²) in [7, 11) is 1.66. The number of halogens is 1. The van der Waals surface area contributed by atoms with Crippen LogP contribution in [-0.4, -0.2) is 71.2 Å². The summed E-state index contributed by atoms with van der Waals surface area (Å²) in [6, 6.07) is 17.0. The van der Waals surface area contributed by atoms with Crippen molar-refractivity contribution in [1.29, 1.82) is 0 Å². The molecular weight excluding hydrogens is 454 g/mol. The number of aromatic nitrogens is 2. The molecule has 3 aromatic rings. The van der Waals surface area contributed by atoms with Crippen molar-refractivity contribution in [3.8, 4) is 5.75 Å². The van der Waals surface area contributed by atoms with Crippen LogP contribution in [0.25, 0.3) is 0 Å². The number of amides is 2. The highest BCUT2D eigenvalue weighted by molar-refractivity contribution is 6.31. The van der Waals surface area contributed by atoms with Gasteiger partial charge in [0.25, 0.3) is 11.8 Å². The lowest BCUT2D eigenvalue weighted by Gasteiger charge is -2.36. The van der Waals surface area contributed by atoms with Crippen LogP contribution in [0.2, 0.25) is 5.02 Å². The number of benzene rings is 2. The Morgan fingerprint density at radius 2 is 1.74 bits per heavy atom. The van der Waals surface area contributed by atoms with Gasteiger partial charge in [-0.1, -0.05) is 41.9 Å². The molecule has 0 N–H and O–H groups in total. The molecule has 8 nitrogen and oxygen atoms in total. The molecule has 176 valence electrons. The maximum Gasteiger partial charge on any atom is 0.274 e. The van der Waals surface area contributed by atoms with Gasteiger partial charge in [0, 0.05) is 50.4 Å². The summed E-state index contributed by atoms with van der Waals surface area (Å²) in [6.07, 6.45) is 0. The van der Waals surface area contributed by atoms with E-state index in [9.17, 15) is 9.59 Å². The fourth-order valence-electron chi connectivity index (χ4n) is 4.53. The molecule has 5 rings (SSSR count). The normalized spacial score (nSPS) is 15.9. The fraction of sp³-hybridized carbons (Fsp3) is 0.320. The number of para-hydroxylation sites is 2. The van der Waals surface area contributed by atoms with Gasteiger partial charge in [-0.15, -0.1) is 0 Å². The number of carbonyl (C=O) groups is 2. The molecule has 1 saturated heterocycles. The molecule has 1 aromatic heterocycles. The van der Waals surface area contributed by atoms with Crippen LogP contribution in [0.15, 0.2) is 54.6 Å². The van der Waals surface area contributed by atoms with Crippen molar-refractivity contribution < 1.29 is 14.3 Å². The molecule has 1 fully saturated rings. The minimum Gasteiger partial charge on any atom is -0.495 e. The van der Waals surface area contributed by atoms with E-state index in [0.29, 0.717) is 62.2 Å². The molecule has 34 heavy (non-hydrogen) atoms. The van der Waals surface area contributed by atoms with Crippen LogP contribution in [0.5, 0.6) is 5.75 Å². The first-order valence-corrected chi connectivity index (χ1v) is 11.7. The Balaban J connectivity index is 1.25. The van der Waals surface area contributed by atoms with Crippen LogP contribution in [-0.2, 0) is 13.1 Å². The molecule has 3 heterocycles. The minimum atomic E-state index is -0.146. The van der Waals surface area contributed by atoms with Crippen molar-refractivity contribution in [3.63, 3.8) is 0 Å². The van der Waals surface area contributed by atoms with Gasteiger partial charge in [-0.05, 0) is 23.8 Å². The Morgan fingerprint density at radius 1 is 1.00 bits per heavy atom. The average molecular weight is 480 g/mol. The van der Waals surface area contributed by atoms with Crippen molar-refractivity contribution in [2.75, 3.05) is 44.7 Å². The standard InChI is InChI=1S/C25H26ClN5O3/c1-34-23-9-5-4-8-21(23)28-10-12-29(13-11-28)24(32)20-16-22-25(33)30(14-15-31(22)27-20)17-18-6-2-3-7-19(18)26/h2-9,16H,10-15,17H2,1H3. The van der Waals surface area contributed by atoms with E-state index >= 15 is 0 Å². The molecule has 0 spiro atoms. The number of piperazine rings is 1. The quantitative estimate of drug-likeness (QED) is 0.562. The van der Waals surface area contributed by atoms with Gasteiger partial charge in [-0.25, -0.2) is 0 Å². The van der Waals surface area contributed by atoms with Crippen LogP contribution >= 0.6 is 11.6 Å². The second-order valence-corrected chi connectivity index (χ2v) is 8.81. The lowest BCUT2D eigenvalue weighted by Crippen LogP contribution is -2.49. The number of rotatable bonds is 5. The molecule has 9 heteroatoms. The number of anilines is 1. The van der Waals surface area contributed by atoms with E-state index in [1.165, 1.54) is 0 Å².